The van der Waals surface area contributed by atoms with Crippen molar-refractivity contribution in [1.82, 2.24) is 9.66 Å². The van der Waals surface area contributed by atoms with Crippen molar-refractivity contribution >= 4 is 34.6 Å². The first kappa shape index (κ1) is 27.7. The minimum Gasteiger partial charge on any atom is -0.496 e. The van der Waals surface area contributed by atoms with E-state index in [1.54, 1.807) is 37.4 Å². The third kappa shape index (κ3) is 5.73. The predicted octanol–water partition coefficient (Wildman–Crippen LogP) is 4.91. The van der Waals surface area contributed by atoms with Gasteiger partial charge in [0.05, 0.1) is 36.4 Å². The molecule has 0 saturated heterocycles. The first-order valence-electron chi connectivity index (χ1n) is 12.2. The Labute approximate surface area is 230 Å². The molecule has 0 aliphatic heterocycles. The van der Waals surface area contributed by atoms with Crippen LogP contribution in [0.4, 0.5) is 0 Å². The number of benzene rings is 3. The van der Waals surface area contributed by atoms with Gasteiger partial charge in [-0.3, -0.25) is 9.59 Å². The minimum atomic E-state index is -0.649. The molecule has 0 fully saturated rings. The summed E-state index contributed by atoms with van der Waals surface area (Å²) in [6.07, 6.45) is 1.48. The molecule has 39 heavy (non-hydrogen) atoms. The van der Waals surface area contributed by atoms with Gasteiger partial charge in [-0.05, 0) is 65.9 Å². The molecular formula is C29H29ClN4O5. The SMILES string of the molecule is COc1cc(C)c(-c2nc3ccccc3c(=O)n2N=Cc2cc(Cl)c(OCC(N)=O)c(OC)c2)cc1C(C)C. The molecule has 1 heterocycles. The van der Waals surface area contributed by atoms with Gasteiger partial charge in [0, 0.05) is 5.56 Å². The van der Waals surface area contributed by atoms with Gasteiger partial charge in [0.1, 0.15) is 5.75 Å². The van der Waals surface area contributed by atoms with Crippen LogP contribution in [0.25, 0.3) is 22.3 Å². The average Bonchev–Trinajstić information content (AvgIpc) is 2.91. The standard InChI is InChI=1S/C29H29ClN4O5/c1-16(2)20-13-21(17(3)10-24(20)37-4)28-33-23-9-7-6-8-19(23)29(36)34(28)32-14-18-11-22(30)27(25(12-18)38-5)39-15-26(31)35/h6-14,16H,15H2,1-5H3,(H2,31,35). The number of aryl methyl sites for hydroxylation is 1. The second-order valence-corrected chi connectivity index (χ2v) is 9.57. The number of carbonyl (C=O) groups excluding carboxylic acids is 1. The van der Waals surface area contributed by atoms with Crippen molar-refractivity contribution in [3.63, 3.8) is 0 Å². The van der Waals surface area contributed by atoms with E-state index in [0.29, 0.717) is 22.3 Å². The van der Waals surface area contributed by atoms with Crippen LogP contribution in [-0.4, -0.2) is 42.6 Å². The maximum Gasteiger partial charge on any atom is 0.282 e. The largest absolute Gasteiger partial charge is 0.496 e. The normalized spacial score (nSPS) is 11.4. The summed E-state index contributed by atoms with van der Waals surface area (Å²) in [4.78, 5) is 29.6. The van der Waals surface area contributed by atoms with Crippen molar-refractivity contribution in [3.8, 4) is 28.6 Å². The summed E-state index contributed by atoms with van der Waals surface area (Å²) in [5, 5.41) is 5.16. The minimum absolute atomic E-state index is 0.174. The lowest BCUT2D eigenvalue weighted by Gasteiger charge is -2.17. The average molecular weight is 549 g/mol. The topological polar surface area (TPSA) is 118 Å². The summed E-state index contributed by atoms with van der Waals surface area (Å²) in [5.41, 5.74) is 8.56. The zero-order valence-corrected chi connectivity index (χ0v) is 23.1. The van der Waals surface area contributed by atoms with Crippen LogP contribution < -0.4 is 25.5 Å². The molecule has 4 aromatic rings. The Kier molecular flexibility index (Phi) is 8.21. The van der Waals surface area contributed by atoms with Crippen molar-refractivity contribution in [2.45, 2.75) is 26.7 Å². The zero-order chi connectivity index (χ0) is 28.3. The fourth-order valence-corrected chi connectivity index (χ4v) is 4.47. The predicted molar refractivity (Wildman–Crippen MR) is 153 cm³/mol. The van der Waals surface area contributed by atoms with Gasteiger partial charge in [0.25, 0.3) is 11.5 Å². The summed E-state index contributed by atoms with van der Waals surface area (Å²) >= 11 is 6.40. The fraction of sp³-hybridized carbons (Fsp3) is 0.241. The van der Waals surface area contributed by atoms with Crippen molar-refractivity contribution in [2.75, 3.05) is 20.8 Å². The molecule has 202 valence electrons. The quantitative estimate of drug-likeness (QED) is 0.297. The van der Waals surface area contributed by atoms with Crippen LogP contribution >= 0.6 is 11.6 Å². The summed E-state index contributed by atoms with van der Waals surface area (Å²) in [5.74, 6) is 1.14. The highest BCUT2D eigenvalue weighted by Gasteiger charge is 2.19. The number of amides is 1. The lowest BCUT2D eigenvalue weighted by molar-refractivity contribution is -0.119. The number of para-hydroxylation sites is 1. The zero-order valence-electron chi connectivity index (χ0n) is 22.3. The lowest BCUT2D eigenvalue weighted by atomic mass is 9.96. The van der Waals surface area contributed by atoms with Gasteiger partial charge in [-0.15, -0.1) is 0 Å². The molecule has 1 aromatic heterocycles. The maximum atomic E-state index is 13.7. The van der Waals surface area contributed by atoms with Gasteiger partial charge in [0.2, 0.25) is 0 Å². The van der Waals surface area contributed by atoms with Crippen LogP contribution in [0.2, 0.25) is 5.02 Å². The van der Waals surface area contributed by atoms with Crippen LogP contribution in [0, 0.1) is 6.92 Å². The van der Waals surface area contributed by atoms with E-state index in [1.165, 1.54) is 18.0 Å². The number of fused-ring (bicyclic) bond motifs is 1. The Morgan fingerprint density at radius 2 is 1.85 bits per heavy atom. The highest BCUT2D eigenvalue weighted by Crippen LogP contribution is 2.36. The molecule has 1 amide bonds. The van der Waals surface area contributed by atoms with Gasteiger partial charge < -0.3 is 19.9 Å². The van der Waals surface area contributed by atoms with Crippen LogP contribution in [0.5, 0.6) is 17.2 Å². The van der Waals surface area contributed by atoms with Gasteiger partial charge in [-0.2, -0.15) is 9.78 Å². The van der Waals surface area contributed by atoms with Crippen LogP contribution in [-0.2, 0) is 4.79 Å². The maximum absolute atomic E-state index is 13.7. The molecule has 0 bridgehead atoms. The highest BCUT2D eigenvalue weighted by atomic mass is 35.5. The lowest BCUT2D eigenvalue weighted by Crippen LogP contribution is -2.21. The summed E-state index contributed by atoms with van der Waals surface area (Å²) in [6, 6.07) is 14.3. The number of primary amides is 1. The number of ether oxygens (including phenoxy) is 3. The van der Waals surface area contributed by atoms with E-state index in [4.69, 9.17) is 36.5 Å². The molecule has 0 atom stereocenters. The first-order chi connectivity index (χ1) is 18.6. The molecule has 2 N–H and O–H groups in total. The number of methoxy groups -OCH3 is 2. The molecule has 4 rings (SSSR count). The Morgan fingerprint density at radius 1 is 1.13 bits per heavy atom. The number of aromatic nitrogens is 2. The third-order valence-electron chi connectivity index (χ3n) is 6.13. The highest BCUT2D eigenvalue weighted by molar-refractivity contribution is 6.32. The van der Waals surface area contributed by atoms with Gasteiger partial charge in [0.15, 0.2) is 23.9 Å². The molecule has 9 nitrogen and oxygen atoms in total. The second kappa shape index (κ2) is 11.6. The molecule has 10 heteroatoms. The fourth-order valence-electron chi connectivity index (χ4n) is 4.19. The van der Waals surface area contributed by atoms with E-state index >= 15 is 0 Å². The molecule has 0 unspecified atom stereocenters. The molecule has 0 spiro atoms. The molecule has 0 radical (unpaired) electrons. The Morgan fingerprint density at radius 3 is 2.51 bits per heavy atom. The third-order valence-corrected chi connectivity index (χ3v) is 6.41. The summed E-state index contributed by atoms with van der Waals surface area (Å²) in [6.45, 7) is 5.73. The Bertz CT molecular complexity index is 1650. The summed E-state index contributed by atoms with van der Waals surface area (Å²) < 4.78 is 17.7. The number of nitrogens with zero attached hydrogens (tertiary/aromatic N) is 3. The van der Waals surface area contributed by atoms with E-state index in [2.05, 4.69) is 18.9 Å². The Hall–Kier alpha value is -4.37. The van der Waals surface area contributed by atoms with Gasteiger partial charge in [-0.1, -0.05) is 37.6 Å². The van der Waals surface area contributed by atoms with Crippen LogP contribution in [0.3, 0.4) is 0 Å². The molecule has 0 aliphatic carbocycles. The number of hydrogen-bond donors (Lipinski definition) is 1. The Balaban J connectivity index is 1.90. The number of rotatable bonds is 9. The number of halogens is 1. The smallest absolute Gasteiger partial charge is 0.282 e. The van der Waals surface area contributed by atoms with E-state index in [0.717, 1.165) is 22.4 Å². The van der Waals surface area contributed by atoms with Gasteiger partial charge in [-0.25, -0.2) is 4.98 Å². The summed E-state index contributed by atoms with van der Waals surface area (Å²) in [7, 11) is 3.08. The van der Waals surface area contributed by atoms with E-state index < -0.39 is 5.91 Å². The molecule has 0 aliphatic rings. The van der Waals surface area contributed by atoms with Crippen molar-refractivity contribution in [1.29, 1.82) is 0 Å². The molecular weight excluding hydrogens is 520 g/mol. The number of carbonyl (C=O) groups is 1. The monoisotopic (exact) mass is 548 g/mol. The first-order valence-corrected chi connectivity index (χ1v) is 12.6. The van der Waals surface area contributed by atoms with Crippen molar-refractivity contribution in [2.24, 2.45) is 10.8 Å². The molecule has 3 aromatic carbocycles. The van der Waals surface area contributed by atoms with E-state index in [1.807, 2.05) is 25.1 Å². The van der Waals surface area contributed by atoms with Gasteiger partial charge >= 0.3 is 0 Å². The molecule has 0 saturated carbocycles. The van der Waals surface area contributed by atoms with Crippen LogP contribution in [0.1, 0.15) is 36.5 Å². The number of hydrogen-bond acceptors (Lipinski definition) is 7. The van der Waals surface area contributed by atoms with Crippen molar-refractivity contribution < 1.29 is 19.0 Å². The van der Waals surface area contributed by atoms with Crippen molar-refractivity contribution in [3.05, 3.63) is 80.6 Å². The number of nitrogens with two attached hydrogens (primary N) is 1. The van der Waals surface area contributed by atoms with Crippen LogP contribution in [0.15, 0.2) is 58.4 Å². The van der Waals surface area contributed by atoms with E-state index in [-0.39, 0.29) is 34.6 Å². The van der Waals surface area contributed by atoms with E-state index in [9.17, 15) is 9.59 Å². The second-order valence-electron chi connectivity index (χ2n) is 9.17.